The number of aryl methyl sites for hydroxylation is 2. The number of amides is 1. The Kier molecular flexibility index (Phi) is 6.72. The minimum Gasteiger partial charge on any atom is -0.324 e. The van der Waals surface area contributed by atoms with Gasteiger partial charge in [-0.25, -0.2) is 4.39 Å². The average molecular weight is 511 g/mol. The highest BCUT2D eigenvalue weighted by atomic mass is 79.9. The average Bonchev–Trinajstić information content (AvgIpc) is 3.19. The van der Waals surface area contributed by atoms with Gasteiger partial charge in [0.15, 0.2) is 11.0 Å². The fraction of sp³-hybridized carbons (Fsp3) is 0.125. The lowest BCUT2D eigenvalue weighted by Crippen LogP contribution is -2.15. The van der Waals surface area contributed by atoms with Crippen molar-refractivity contribution in [2.75, 3.05) is 11.1 Å². The number of nitrogens with zero attached hydrogens (tertiary/aromatic N) is 3. The number of thioether (sulfide) groups is 1. The lowest BCUT2D eigenvalue weighted by atomic mass is 10.2. The molecule has 1 amide bonds. The smallest absolute Gasteiger partial charge is 0.234 e. The monoisotopic (exact) mass is 510 g/mol. The molecule has 0 fully saturated rings. The molecule has 0 saturated heterocycles. The van der Waals surface area contributed by atoms with Crippen LogP contribution < -0.4 is 5.32 Å². The van der Waals surface area contributed by atoms with E-state index in [0.29, 0.717) is 22.2 Å². The molecule has 0 atom stereocenters. The number of carbonyl (C=O) groups excluding carboxylic acids is 1. The Bertz CT molecular complexity index is 1270. The number of halogens is 2. The van der Waals surface area contributed by atoms with E-state index in [1.165, 1.54) is 17.8 Å². The molecule has 32 heavy (non-hydrogen) atoms. The Morgan fingerprint density at radius 2 is 1.75 bits per heavy atom. The third-order valence-corrected chi connectivity index (χ3v) is 6.36. The summed E-state index contributed by atoms with van der Waals surface area (Å²) in [6, 6.07) is 20.0. The maximum Gasteiger partial charge on any atom is 0.234 e. The van der Waals surface area contributed by atoms with Gasteiger partial charge < -0.3 is 5.32 Å². The first-order chi connectivity index (χ1) is 15.4. The topological polar surface area (TPSA) is 59.8 Å². The summed E-state index contributed by atoms with van der Waals surface area (Å²) in [6.07, 6.45) is 0. The van der Waals surface area contributed by atoms with Crippen molar-refractivity contribution in [2.45, 2.75) is 19.0 Å². The van der Waals surface area contributed by atoms with Gasteiger partial charge in [0.25, 0.3) is 0 Å². The first-order valence-corrected chi connectivity index (χ1v) is 11.7. The molecule has 0 aliphatic carbocycles. The maximum atomic E-state index is 14.5. The van der Waals surface area contributed by atoms with E-state index in [0.717, 1.165) is 21.3 Å². The SMILES string of the molecule is Cc1ccc(-n2c(SCC(=O)Nc3ccc(C)cc3Br)nnc2-c2ccccc2F)cc1. The zero-order valence-electron chi connectivity index (χ0n) is 17.5. The summed E-state index contributed by atoms with van der Waals surface area (Å²) in [5.41, 5.74) is 4.04. The number of rotatable bonds is 6. The molecule has 0 aliphatic heterocycles. The van der Waals surface area contributed by atoms with Crippen molar-refractivity contribution in [3.63, 3.8) is 0 Å². The van der Waals surface area contributed by atoms with Gasteiger partial charge in [0.05, 0.1) is 17.0 Å². The quantitative estimate of drug-likeness (QED) is 0.314. The second-order valence-corrected chi connectivity index (χ2v) is 9.07. The molecule has 0 spiro atoms. The van der Waals surface area contributed by atoms with Crippen LogP contribution in [0.4, 0.5) is 10.1 Å². The molecule has 1 aromatic heterocycles. The highest BCUT2D eigenvalue weighted by Crippen LogP contribution is 2.30. The van der Waals surface area contributed by atoms with Gasteiger partial charge in [-0.05, 0) is 71.7 Å². The number of nitrogens with one attached hydrogen (secondary N) is 1. The van der Waals surface area contributed by atoms with Gasteiger partial charge >= 0.3 is 0 Å². The number of hydrogen-bond acceptors (Lipinski definition) is 4. The van der Waals surface area contributed by atoms with Crippen molar-refractivity contribution >= 4 is 39.3 Å². The third-order valence-electron chi connectivity index (χ3n) is 4.77. The van der Waals surface area contributed by atoms with Crippen LogP contribution in [-0.4, -0.2) is 26.4 Å². The first-order valence-electron chi connectivity index (χ1n) is 9.88. The fourth-order valence-electron chi connectivity index (χ4n) is 3.14. The highest BCUT2D eigenvalue weighted by Gasteiger charge is 2.19. The number of carbonyl (C=O) groups is 1. The van der Waals surface area contributed by atoms with E-state index in [1.54, 1.807) is 22.8 Å². The van der Waals surface area contributed by atoms with Crippen LogP contribution >= 0.6 is 27.7 Å². The molecule has 162 valence electrons. The molecule has 1 heterocycles. The van der Waals surface area contributed by atoms with Crippen molar-refractivity contribution in [1.29, 1.82) is 0 Å². The summed E-state index contributed by atoms with van der Waals surface area (Å²) < 4.78 is 17.1. The van der Waals surface area contributed by atoms with Crippen LogP contribution in [0.25, 0.3) is 17.1 Å². The lowest BCUT2D eigenvalue weighted by molar-refractivity contribution is -0.113. The van der Waals surface area contributed by atoms with Gasteiger partial charge in [0, 0.05) is 10.2 Å². The summed E-state index contributed by atoms with van der Waals surface area (Å²) in [5, 5.41) is 11.9. The molecule has 4 rings (SSSR count). The molecule has 5 nitrogen and oxygen atoms in total. The van der Waals surface area contributed by atoms with Gasteiger partial charge in [-0.1, -0.05) is 47.7 Å². The molecule has 0 radical (unpaired) electrons. The van der Waals surface area contributed by atoms with Gasteiger partial charge in [0.2, 0.25) is 5.91 Å². The van der Waals surface area contributed by atoms with Crippen molar-refractivity contribution in [3.8, 4) is 17.1 Å². The molecular weight excluding hydrogens is 491 g/mol. The molecular formula is C24H20BrFN4OS. The normalized spacial score (nSPS) is 10.9. The summed E-state index contributed by atoms with van der Waals surface area (Å²) >= 11 is 4.72. The van der Waals surface area contributed by atoms with E-state index in [2.05, 4.69) is 31.4 Å². The van der Waals surface area contributed by atoms with Crippen LogP contribution in [0.5, 0.6) is 0 Å². The summed E-state index contributed by atoms with van der Waals surface area (Å²) in [4.78, 5) is 12.6. The van der Waals surface area contributed by atoms with Crippen molar-refractivity contribution < 1.29 is 9.18 Å². The van der Waals surface area contributed by atoms with Crippen LogP contribution in [0, 0.1) is 19.7 Å². The van der Waals surface area contributed by atoms with E-state index in [1.807, 2.05) is 56.3 Å². The Hall–Kier alpha value is -2.97. The Morgan fingerprint density at radius 3 is 2.47 bits per heavy atom. The molecule has 8 heteroatoms. The lowest BCUT2D eigenvalue weighted by Gasteiger charge is -2.12. The summed E-state index contributed by atoms with van der Waals surface area (Å²) in [6.45, 7) is 3.98. The Balaban J connectivity index is 1.61. The largest absolute Gasteiger partial charge is 0.324 e. The minimum atomic E-state index is -0.383. The Morgan fingerprint density at radius 1 is 1.03 bits per heavy atom. The Labute approximate surface area is 198 Å². The van der Waals surface area contributed by atoms with Crippen molar-refractivity contribution in [2.24, 2.45) is 0 Å². The highest BCUT2D eigenvalue weighted by molar-refractivity contribution is 9.10. The zero-order chi connectivity index (χ0) is 22.7. The van der Waals surface area contributed by atoms with Crippen LogP contribution in [0.2, 0.25) is 0 Å². The zero-order valence-corrected chi connectivity index (χ0v) is 19.9. The van der Waals surface area contributed by atoms with E-state index >= 15 is 0 Å². The van der Waals surface area contributed by atoms with Crippen LogP contribution in [0.15, 0.2) is 76.4 Å². The molecule has 0 aliphatic rings. The van der Waals surface area contributed by atoms with Crippen LogP contribution in [-0.2, 0) is 4.79 Å². The summed E-state index contributed by atoms with van der Waals surface area (Å²) in [7, 11) is 0. The maximum absolute atomic E-state index is 14.5. The number of hydrogen-bond donors (Lipinski definition) is 1. The molecule has 3 aromatic carbocycles. The van der Waals surface area contributed by atoms with Gasteiger partial charge in [-0.3, -0.25) is 9.36 Å². The first kappa shape index (κ1) is 22.2. The van der Waals surface area contributed by atoms with E-state index in [-0.39, 0.29) is 17.5 Å². The second-order valence-electron chi connectivity index (χ2n) is 7.28. The van der Waals surface area contributed by atoms with Gasteiger partial charge in [-0.2, -0.15) is 0 Å². The molecule has 0 saturated carbocycles. The number of benzene rings is 3. The predicted molar refractivity (Wildman–Crippen MR) is 130 cm³/mol. The van der Waals surface area contributed by atoms with Gasteiger partial charge in [-0.15, -0.1) is 10.2 Å². The molecule has 1 N–H and O–H groups in total. The fourth-order valence-corrected chi connectivity index (χ4v) is 4.49. The van der Waals surface area contributed by atoms with Crippen LogP contribution in [0.3, 0.4) is 0 Å². The van der Waals surface area contributed by atoms with E-state index in [4.69, 9.17) is 0 Å². The predicted octanol–water partition coefficient (Wildman–Crippen LogP) is 6.18. The summed E-state index contributed by atoms with van der Waals surface area (Å²) in [5.74, 6) is -0.0462. The van der Waals surface area contributed by atoms with E-state index < -0.39 is 0 Å². The van der Waals surface area contributed by atoms with Gasteiger partial charge in [0.1, 0.15) is 5.82 Å². The van der Waals surface area contributed by atoms with E-state index in [9.17, 15) is 9.18 Å². The third kappa shape index (κ3) is 4.92. The second kappa shape index (κ2) is 9.67. The van der Waals surface area contributed by atoms with Crippen molar-refractivity contribution in [1.82, 2.24) is 14.8 Å². The molecule has 0 bridgehead atoms. The molecule has 0 unspecified atom stereocenters. The standard InChI is InChI=1S/C24H20BrFN4OS/c1-15-7-10-17(11-8-15)30-23(18-5-3-4-6-20(18)26)28-29-24(30)32-14-22(31)27-21-12-9-16(2)13-19(21)25/h3-13H,14H2,1-2H3,(H,27,31). The number of anilines is 1. The van der Waals surface area contributed by atoms with Crippen LogP contribution in [0.1, 0.15) is 11.1 Å². The number of aromatic nitrogens is 3. The van der Waals surface area contributed by atoms with Crippen molar-refractivity contribution in [3.05, 3.63) is 88.1 Å². The molecule has 4 aromatic rings. The minimum absolute atomic E-state index is 0.127.